The third kappa shape index (κ3) is 3.00. The minimum absolute atomic E-state index is 0.525. The first-order chi connectivity index (χ1) is 9.13. The van der Waals surface area contributed by atoms with E-state index in [-0.39, 0.29) is 0 Å². The molecule has 1 aromatic heterocycles. The third-order valence-corrected chi connectivity index (χ3v) is 2.64. The second-order valence-corrected chi connectivity index (χ2v) is 4.08. The summed E-state index contributed by atoms with van der Waals surface area (Å²) in [6.07, 6.45) is 0.732. The van der Waals surface area contributed by atoms with Crippen LogP contribution >= 0.6 is 0 Å². The number of nitrogens with zero attached hydrogens (tertiary/aromatic N) is 1. The Morgan fingerprint density at radius 1 is 1.26 bits per heavy atom. The highest BCUT2D eigenvalue weighted by molar-refractivity contribution is 5.80. The largest absolute Gasteiger partial charge is 0.464 e. The third-order valence-electron chi connectivity index (χ3n) is 2.64. The van der Waals surface area contributed by atoms with Crippen LogP contribution in [0.2, 0.25) is 0 Å². The van der Waals surface area contributed by atoms with Gasteiger partial charge in [-0.15, -0.1) is 0 Å². The van der Waals surface area contributed by atoms with Crippen molar-refractivity contribution in [2.24, 2.45) is 0 Å². The second kappa shape index (κ2) is 5.67. The lowest BCUT2D eigenvalue weighted by atomic mass is 10.2. The van der Waals surface area contributed by atoms with E-state index >= 15 is 0 Å². The molecule has 0 aliphatic carbocycles. The van der Waals surface area contributed by atoms with E-state index in [1.807, 2.05) is 25.1 Å². The summed E-state index contributed by atoms with van der Waals surface area (Å²) in [4.78, 5) is 15.7. The van der Waals surface area contributed by atoms with E-state index in [2.05, 4.69) is 9.72 Å². The van der Waals surface area contributed by atoms with Gasteiger partial charge in [0.1, 0.15) is 5.75 Å². The molecule has 19 heavy (non-hydrogen) atoms. The molecule has 0 bridgehead atoms. The lowest BCUT2D eigenvalue weighted by Gasteiger charge is -2.15. The molecule has 0 aliphatic rings. The zero-order chi connectivity index (χ0) is 13.8. The van der Waals surface area contributed by atoms with E-state index in [0.29, 0.717) is 5.75 Å². The molecular formula is C14H15NO4. The van der Waals surface area contributed by atoms with Crippen molar-refractivity contribution in [3.05, 3.63) is 36.0 Å². The van der Waals surface area contributed by atoms with Gasteiger partial charge in [0.05, 0.1) is 12.6 Å². The molecule has 0 spiro atoms. The average Bonchev–Trinajstić information content (AvgIpc) is 2.43. The Hall–Kier alpha value is -2.14. The topological polar surface area (TPSA) is 57.7 Å². The van der Waals surface area contributed by atoms with E-state index in [0.717, 1.165) is 16.5 Å². The van der Waals surface area contributed by atoms with Crippen LogP contribution < -0.4 is 4.74 Å². The van der Waals surface area contributed by atoms with Crippen molar-refractivity contribution in [2.45, 2.75) is 13.2 Å². The molecule has 0 saturated carbocycles. The van der Waals surface area contributed by atoms with Gasteiger partial charge in [0.2, 0.25) is 0 Å². The van der Waals surface area contributed by atoms with E-state index in [9.17, 15) is 4.79 Å². The summed E-state index contributed by atoms with van der Waals surface area (Å²) in [5.74, 6) is -0.0536. The van der Waals surface area contributed by atoms with Gasteiger partial charge in [-0.05, 0) is 36.8 Å². The van der Waals surface area contributed by atoms with Gasteiger partial charge in [0.15, 0.2) is 0 Å². The molecule has 0 fully saturated rings. The molecule has 5 nitrogen and oxygen atoms in total. The van der Waals surface area contributed by atoms with Gasteiger partial charge in [-0.1, -0.05) is 0 Å². The minimum Gasteiger partial charge on any atom is -0.464 e. The van der Waals surface area contributed by atoms with Crippen molar-refractivity contribution in [1.82, 2.24) is 4.98 Å². The van der Waals surface area contributed by atoms with Crippen LogP contribution in [0.15, 0.2) is 30.5 Å². The maximum absolute atomic E-state index is 11.4. The van der Waals surface area contributed by atoms with Gasteiger partial charge in [0.25, 0.3) is 6.29 Å². The number of esters is 1. The standard InChI is InChI=1S/C14H15NO4/c1-9-6-10-7-11(4-5-12(10)15-8-9)19-14(18-3)13(16)17-2/h4-8,14H,1-3H3. The lowest BCUT2D eigenvalue weighted by Crippen LogP contribution is -2.30. The summed E-state index contributed by atoms with van der Waals surface area (Å²) in [7, 11) is 2.67. The van der Waals surface area contributed by atoms with E-state index in [1.54, 1.807) is 12.3 Å². The van der Waals surface area contributed by atoms with Crippen molar-refractivity contribution in [2.75, 3.05) is 14.2 Å². The van der Waals surface area contributed by atoms with Crippen LogP contribution in [0.1, 0.15) is 5.56 Å². The molecule has 1 unspecified atom stereocenters. The fourth-order valence-electron chi connectivity index (χ4n) is 1.71. The Kier molecular flexibility index (Phi) is 3.97. The van der Waals surface area contributed by atoms with Crippen LogP contribution in [-0.4, -0.2) is 31.5 Å². The highest BCUT2D eigenvalue weighted by Gasteiger charge is 2.20. The first kappa shape index (κ1) is 13.3. The lowest BCUT2D eigenvalue weighted by molar-refractivity contribution is -0.170. The van der Waals surface area contributed by atoms with Crippen molar-refractivity contribution in [3.63, 3.8) is 0 Å². The molecule has 0 saturated heterocycles. The average molecular weight is 261 g/mol. The van der Waals surface area contributed by atoms with Gasteiger partial charge in [-0.3, -0.25) is 4.98 Å². The summed E-state index contributed by atoms with van der Waals surface area (Å²) in [5, 5.41) is 0.942. The number of carbonyl (C=O) groups excluding carboxylic acids is 1. The van der Waals surface area contributed by atoms with Crippen LogP contribution in [0.4, 0.5) is 0 Å². The Bertz CT molecular complexity index is 597. The normalized spacial score (nSPS) is 12.2. The number of ether oxygens (including phenoxy) is 3. The number of benzene rings is 1. The molecule has 0 radical (unpaired) electrons. The summed E-state index contributed by atoms with van der Waals surface area (Å²) in [6, 6.07) is 7.37. The smallest absolute Gasteiger partial charge is 0.376 e. The fraction of sp³-hybridized carbons (Fsp3) is 0.286. The Morgan fingerprint density at radius 3 is 2.74 bits per heavy atom. The van der Waals surface area contributed by atoms with Crippen molar-refractivity contribution in [3.8, 4) is 5.75 Å². The van der Waals surface area contributed by atoms with Gasteiger partial charge in [-0.25, -0.2) is 4.79 Å². The number of fused-ring (bicyclic) bond motifs is 1. The molecule has 2 rings (SSSR count). The van der Waals surface area contributed by atoms with E-state index < -0.39 is 12.3 Å². The highest BCUT2D eigenvalue weighted by Crippen LogP contribution is 2.21. The summed E-state index contributed by atoms with van der Waals surface area (Å²) in [6.45, 7) is 1.96. The molecule has 2 aromatic rings. The van der Waals surface area contributed by atoms with Crippen molar-refractivity contribution < 1.29 is 19.0 Å². The monoisotopic (exact) mass is 261 g/mol. The number of hydrogen-bond donors (Lipinski definition) is 0. The number of methoxy groups -OCH3 is 2. The number of aromatic nitrogens is 1. The molecule has 5 heteroatoms. The van der Waals surface area contributed by atoms with Crippen molar-refractivity contribution in [1.29, 1.82) is 0 Å². The quantitative estimate of drug-likeness (QED) is 0.623. The van der Waals surface area contributed by atoms with Crippen LogP contribution in [0.3, 0.4) is 0 Å². The molecule has 0 aliphatic heterocycles. The molecule has 1 aromatic carbocycles. The highest BCUT2D eigenvalue weighted by atomic mass is 16.7. The maximum atomic E-state index is 11.4. The van der Waals surface area contributed by atoms with Gasteiger partial charge in [0, 0.05) is 18.7 Å². The van der Waals surface area contributed by atoms with Gasteiger partial charge in [-0.2, -0.15) is 0 Å². The maximum Gasteiger partial charge on any atom is 0.376 e. The van der Waals surface area contributed by atoms with Crippen LogP contribution in [0, 0.1) is 6.92 Å². The Balaban J connectivity index is 2.27. The Labute approximate surface area is 111 Å². The predicted molar refractivity (Wildman–Crippen MR) is 69.9 cm³/mol. The zero-order valence-electron chi connectivity index (χ0n) is 11.0. The summed E-state index contributed by atoms with van der Waals surface area (Å²) in [5.41, 5.74) is 1.92. The van der Waals surface area contributed by atoms with Crippen LogP contribution in [0.5, 0.6) is 5.75 Å². The number of carbonyl (C=O) groups is 1. The van der Waals surface area contributed by atoms with Gasteiger partial charge >= 0.3 is 5.97 Å². The van der Waals surface area contributed by atoms with Crippen LogP contribution in [0.25, 0.3) is 10.9 Å². The summed E-state index contributed by atoms with van der Waals surface area (Å²) < 4.78 is 15.0. The summed E-state index contributed by atoms with van der Waals surface area (Å²) >= 11 is 0. The molecular weight excluding hydrogens is 246 g/mol. The first-order valence-electron chi connectivity index (χ1n) is 5.77. The molecule has 0 amide bonds. The zero-order valence-corrected chi connectivity index (χ0v) is 11.0. The van der Waals surface area contributed by atoms with Crippen molar-refractivity contribution >= 4 is 16.9 Å². The number of aryl methyl sites for hydroxylation is 1. The molecule has 1 atom stereocenters. The number of pyridine rings is 1. The SMILES string of the molecule is COC(=O)C(OC)Oc1ccc2ncc(C)cc2c1. The van der Waals surface area contributed by atoms with E-state index in [4.69, 9.17) is 9.47 Å². The van der Waals surface area contributed by atoms with Crippen LogP contribution in [-0.2, 0) is 14.3 Å². The second-order valence-electron chi connectivity index (χ2n) is 4.08. The molecule has 0 N–H and O–H groups in total. The number of hydrogen-bond acceptors (Lipinski definition) is 5. The van der Waals surface area contributed by atoms with E-state index in [1.165, 1.54) is 14.2 Å². The number of rotatable bonds is 4. The Morgan fingerprint density at radius 2 is 2.05 bits per heavy atom. The minimum atomic E-state index is -1.07. The van der Waals surface area contributed by atoms with Gasteiger partial charge < -0.3 is 14.2 Å². The fourth-order valence-corrected chi connectivity index (χ4v) is 1.71. The molecule has 1 heterocycles. The first-order valence-corrected chi connectivity index (χ1v) is 5.77. The molecule has 100 valence electrons. The predicted octanol–water partition coefficient (Wildman–Crippen LogP) is 2.07.